The Morgan fingerprint density at radius 3 is 2.33 bits per heavy atom. The lowest BCUT2D eigenvalue weighted by Gasteiger charge is -2.25. The molecule has 234 valence electrons. The zero-order valence-corrected chi connectivity index (χ0v) is 26.8. The molecular formula is C37H36N4O4S. The van der Waals surface area contributed by atoms with Gasteiger partial charge in [0.2, 0.25) is 5.70 Å². The molecule has 2 aromatic carbocycles. The number of thiophene rings is 1. The van der Waals surface area contributed by atoms with E-state index in [1.165, 1.54) is 0 Å². The summed E-state index contributed by atoms with van der Waals surface area (Å²) in [6.07, 6.45) is 9.28. The van der Waals surface area contributed by atoms with Crippen molar-refractivity contribution in [2.24, 2.45) is 0 Å². The van der Waals surface area contributed by atoms with Crippen LogP contribution in [0.1, 0.15) is 47.6 Å². The molecule has 2 heterocycles. The number of nitrogens with zero attached hydrogens (tertiary/aromatic N) is 4. The van der Waals surface area contributed by atoms with E-state index in [0.717, 1.165) is 38.7 Å². The van der Waals surface area contributed by atoms with Crippen LogP contribution in [0, 0.1) is 29.2 Å². The van der Waals surface area contributed by atoms with E-state index >= 15 is 0 Å². The van der Waals surface area contributed by atoms with E-state index in [4.69, 9.17) is 16.0 Å². The van der Waals surface area contributed by atoms with Gasteiger partial charge in [0.05, 0.1) is 13.2 Å². The minimum Gasteiger partial charge on any atom is -0.493 e. The molecular weight excluding hydrogens is 596 g/mol. The van der Waals surface area contributed by atoms with Gasteiger partial charge in [-0.05, 0) is 74.7 Å². The number of rotatable bonds is 14. The Kier molecular flexibility index (Phi) is 11.9. The first-order valence-corrected chi connectivity index (χ1v) is 15.7. The smallest absolute Gasteiger partial charge is 0.237 e. The first kappa shape index (κ1) is 33.8. The van der Waals surface area contributed by atoms with Crippen molar-refractivity contribution in [3.8, 4) is 17.9 Å². The molecule has 9 heteroatoms. The summed E-state index contributed by atoms with van der Waals surface area (Å²) in [4.78, 5) is 7.66. The molecule has 3 aromatic rings. The molecule has 0 fully saturated rings. The summed E-state index contributed by atoms with van der Waals surface area (Å²) in [5, 5.41) is 37.5. The number of aliphatic hydroxyl groups is 2. The number of aliphatic hydroxyl groups excluding tert-OH is 2. The zero-order valence-electron chi connectivity index (χ0n) is 25.9. The normalized spacial score (nSPS) is 13.8. The topological polar surface area (TPSA) is 114 Å². The average molecular weight is 633 g/mol. The predicted octanol–water partition coefficient (Wildman–Crippen LogP) is 7.37. The Labute approximate surface area is 274 Å². The molecule has 0 saturated carbocycles. The van der Waals surface area contributed by atoms with E-state index in [-0.39, 0.29) is 30.2 Å². The third-order valence-corrected chi connectivity index (χ3v) is 8.35. The minimum absolute atomic E-state index is 0.0236. The second-order valence-electron chi connectivity index (χ2n) is 11.0. The summed E-state index contributed by atoms with van der Waals surface area (Å²) in [6, 6.07) is 23.7. The Balaban J connectivity index is 1.59. The number of hydrogen-bond acceptors (Lipinski definition) is 8. The second-order valence-corrected chi connectivity index (χ2v) is 12.1. The highest BCUT2D eigenvalue weighted by atomic mass is 32.1. The standard InChI is InChI=1S/C37H36N4O4S/c1-37(2)33(35(40-3)36(45-37)29(24-38)25-39)18-17-32-16-15-31(46-32)14-12-28-11-13-30(41(20-22-43)19-7-8-21-42)23-34(28)44-26-27-9-5-4-6-10-27/h4-6,9-18,23,42-43H,7-8,19-22,26H2,1-2H3/b14-12+,18-17+. The molecule has 46 heavy (non-hydrogen) atoms. The number of hydrogen-bond donors (Lipinski definition) is 2. The monoisotopic (exact) mass is 632 g/mol. The Morgan fingerprint density at radius 2 is 1.67 bits per heavy atom. The van der Waals surface area contributed by atoms with Gasteiger partial charge in [-0.3, -0.25) is 0 Å². The van der Waals surface area contributed by atoms with Gasteiger partial charge in [-0.25, -0.2) is 4.85 Å². The second kappa shape index (κ2) is 16.3. The quantitative estimate of drug-likeness (QED) is 0.108. The molecule has 0 spiro atoms. The average Bonchev–Trinajstić information content (AvgIpc) is 3.62. The highest BCUT2D eigenvalue weighted by Gasteiger charge is 2.38. The Hall–Kier alpha value is -5.11. The summed E-state index contributed by atoms with van der Waals surface area (Å²) in [5.74, 6) is 0.750. The van der Waals surface area contributed by atoms with Gasteiger partial charge in [0.15, 0.2) is 11.3 Å². The third kappa shape index (κ3) is 8.53. The van der Waals surface area contributed by atoms with E-state index in [1.807, 2.05) is 97.1 Å². The van der Waals surface area contributed by atoms with Crippen molar-refractivity contribution in [2.45, 2.75) is 38.9 Å². The lowest BCUT2D eigenvalue weighted by atomic mass is 9.97. The van der Waals surface area contributed by atoms with Crippen LogP contribution in [0.5, 0.6) is 5.75 Å². The van der Waals surface area contributed by atoms with Crippen molar-refractivity contribution in [1.82, 2.24) is 0 Å². The summed E-state index contributed by atoms with van der Waals surface area (Å²) in [7, 11) is 0. The fourth-order valence-electron chi connectivity index (χ4n) is 4.96. The van der Waals surface area contributed by atoms with Crippen molar-refractivity contribution in [1.29, 1.82) is 10.5 Å². The third-order valence-electron chi connectivity index (χ3n) is 7.33. The SMILES string of the molecule is [C-]#[N+]C1=C(/C=C/c2ccc(/C=C/c3ccc(N(CCO)CCCCO)cc3OCc3ccccc3)s2)C(C)(C)OC1=C(C#N)C#N. The van der Waals surface area contributed by atoms with Crippen molar-refractivity contribution in [2.75, 3.05) is 31.2 Å². The maximum atomic E-state index is 9.66. The van der Waals surface area contributed by atoms with Gasteiger partial charge in [0.25, 0.3) is 0 Å². The molecule has 0 atom stereocenters. The fraction of sp³-hybridized carbons (Fsp3) is 0.270. The van der Waals surface area contributed by atoms with Gasteiger partial charge in [-0.1, -0.05) is 36.4 Å². The summed E-state index contributed by atoms with van der Waals surface area (Å²) >= 11 is 1.57. The van der Waals surface area contributed by atoms with E-state index in [0.29, 0.717) is 31.7 Å². The van der Waals surface area contributed by atoms with Crippen LogP contribution in [0.25, 0.3) is 23.1 Å². The molecule has 0 saturated heterocycles. The summed E-state index contributed by atoms with van der Waals surface area (Å²) < 4.78 is 12.2. The van der Waals surface area contributed by atoms with Crippen molar-refractivity contribution >= 4 is 35.3 Å². The highest BCUT2D eigenvalue weighted by Crippen LogP contribution is 2.41. The van der Waals surface area contributed by atoms with Crippen LogP contribution in [0.15, 0.2) is 89.3 Å². The number of unbranched alkanes of at least 4 members (excludes halogenated alkanes) is 1. The van der Waals surface area contributed by atoms with Crippen molar-refractivity contribution in [3.05, 3.63) is 122 Å². The van der Waals surface area contributed by atoms with E-state index in [9.17, 15) is 20.7 Å². The fourth-order valence-corrected chi connectivity index (χ4v) is 5.78. The van der Waals surface area contributed by atoms with Crippen molar-refractivity contribution in [3.63, 3.8) is 0 Å². The Morgan fingerprint density at radius 1 is 0.957 bits per heavy atom. The molecule has 1 aliphatic rings. The number of benzene rings is 2. The summed E-state index contributed by atoms with van der Waals surface area (Å²) in [6.45, 7) is 13.0. The zero-order chi connectivity index (χ0) is 32.9. The minimum atomic E-state index is -0.863. The molecule has 0 amide bonds. The Bertz CT molecular complexity index is 1750. The molecule has 2 N–H and O–H groups in total. The van der Waals surface area contributed by atoms with Gasteiger partial charge < -0.3 is 24.6 Å². The number of anilines is 1. The van der Waals surface area contributed by atoms with Crippen LogP contribution in [0.2, 0.25) is 0 Å². The van der Waals surface area contributed by atoms with Gasteiger partial charge in [-0.2, -0.15) is 10.5 Å². The maximum Gasteiger partial charge on any atom is 0.237 e. The van der Waals surface area contributed by atoms with Crippen LogP contribution < -0.4 is 9.64 Å². The molecule has 8 nitrogen and oxygen atoms in total. The summed E-state index contributed by atoms with van der Waals surface area (Å²) in [5.41, 5.74) is 2.61. The van der Waals surface area contributed by atoms with E-state index in [2.05, 4.69) is 9.74 Å². The van der Waals surface area contributed by atoms with Gasteiger partial charge in [0, 0.05) is 52.3 Å². The van der Waals surface area contributed by atoms with Gasteiger partial charge in [-0.15, -0.1) is 11.3 Å². The van der Waals surface area contributed by atoms with Crippen LogP contribution >= 0.6 is 11.3 Å². The van der Waals surface area contributed by atoms with E-state index in [1.54, 1.807) is 25.2 Å². The molecule has 0 unspecified atom stereocenters. The first-order chi connectivity index (χ1) is 22.3. The molecule has 0 bridgehead atoms. The predicted molar refractivity (Wildman–Crippen MR) is 182 cm³/mol. The van der Waals surface area contributed by atoms with Crippen LogP contribution in [0.4, 0.5) is 5.69 Å². The largest absolute Gasteiger partial charge is 0.493 e. The number of ether oxygens (including phenoxy) is 2. The van der Waals surface area contributed by atoms with Gasteiger partial charge in [0.1, 0.15) is 30.1 Å². The molecule has 4 rings (SSSR count). The molecule has 1 aromatic heterocycles. The first-order valence-electron chi connectivity index (χ1n) is 14.9. The van der Waals surface area contributed by atoms with E-state index < -0.39 is 5.60 Å². The van der Waals surface area contributed by atoms with Gasteiger partial charge >= 0.3 is 0 Å². The number of allylic oxidation sites excluding steroid dienone is 1. The molecule has 0 radical (unpaired) electrons. The van der Waals surface area contributed by atoms with Crippen LogP contribution in [-0.4, -0.2) is 42.1 Å². The van der Waals surface area contributed by atoms with Crippen LogP contribution in [0.3, 0.4) is 0 Å². The molecule has 1 aliphatic heterocycles. The highest BCUT2D eigenvalue weighted by molar-refractivity contribution is 7.13. The van der Waals surface area contributed by atoms with Crippen LogP contribution in [-0.2, 0) is 11.3 Å². The lowest BCUT2D eigenvalue weighted by Crippen LogP contribution is -2.28. The lowest BCUT2D eigenvalue weighted by molar-refractivity contribution is 0.0954. The van der Waals surface area contributed by atoms with Crippen molar-refractivity contribution < 1.29 is 19.7 Å². The molecule has 0 aliphatic carbocycles. The maximum absolute atomic E-state index is 9.66. The number of nitriles is 2.